The lowest BCUT2D eigenvalue weighted by molar-refractivity contribution is -0.134. The van der Waals surface area contributed by atoms with Crippen molar-refractivity contribution in [1.82, 2.24) is 9.80 Å². The van der Waals surface area contributed by atoms with E-state index in [2.05, 4.69) is 9.80 Å². The first kappa shape index (κ1) is 19.2. The predicted molar refractivity (Wildman–Crippen MR) is 78.7 cm³/mol. The Hall–Kier alpha value is -0.820. The third-order valence-corrected chi connectivity index (χ3v) is 2.97. The molecule has 2 N–H and O–H groups in total. The van der Waals surface area contributed by atoms with Crippen LogP contribution in [-0.4, -0.2) is 83.0 Å². The van der Waals surface area contributed by atoms with E-state index in [1.54, 1.807) is 0 Å². The minimum absolute atomic E-state index is 0.558. The highest BCUT2D eigenvalue weighted by molar-refractivity contribution is 6.18. The Morgan fingerprint density at radius 1 is 0.850 bits per heavy atom. The lowest BCUT2D eigenvalue weighted by Gasteiger charge is -2.33. The summed E-state index contributed by atoms with van der Waals surface area (Å²) in [6, 6.07) is 0. The van der Waals surface area contributed by atoms with Gasteiger partial charge in [0.2, 0.25) is 0 Å². The number of alkyl halides is 2. The third-order valence-electron chi connectivity index (χ3n) is 2.63. The fourth-order valence-electron chi connectivity index (χ4n) is 1.62. The Balaban J connectivity index is 0.000000396. The van der Waals surface area contributed by atoms with Crippen LogP contribution in [0, 0.1) is 0 Å². The molecule has 6 nitrogen and oxygen atoms in total. The van der Waals surface area contributed by atoms with Crippen molar-refractivity contribution in [1.29, 1.82) is 0 Å². The maximum atomic E-state index is 9.55. The zero-order chi connectivity index (χ0) is 15.4. The molecule has 0 aromatic heterocycles. The highest BCUT2D eigenvalue weighted by Crippen LogP contribution is 2.01. The fourth-order valence-corrected chi connectivity index (χ4v) is 2.10. The van der Waals surface area contributed by atoms with Crippen molar-refractivity contribution >= 4 is 35.1 Å². The van der Waals surface area contributed by atoms with Crippen molar-refractivity contribution in [3.05, 3.63) is 12.2 Å². The molecule has 1 aliphatic heterocycles. The average molecular weight is 327 g/mol. The molecule has 0 radical (unpaired) electrons. The van der Waals surface area contributed by atoms with Crippen molar-refractivity contribution in [3.63, 3.8) is 0 Å². The van der Waals surface area contributed by atoms with Gasteiger partial charge in [0.15, 0.2) is 0 Å². The van der Waals surface area contributed by atoms with Crippen LogP contribution in [-0.2, 0) is 9.59 Å². The van der Waals surface area contributed by atoms with Crippen LogP contribution >= 0.6 is 23.2 Å². The second-order valence-electron chi connectivity index (χ2n) is 4.07. The molecule has 0 spiro atoms. The summed E-state index contributed by atoms with van der Waals surface area (Å²) in [6.07, 6.45) is 1.12. The van der Waals surface area contributed by atoms with Gasteiger partial charge in [-0.15, -0.1) is 23.2 Å². The van der Waals surface area contributed by atoms with E-state index in [1.165, 1.54) is 0 Å². The summed E-state index contributed by atoms with van der Waals surface area (Å²) >= 11 is 11.3. The minimum atomic E-state index is -1.26. The van der Waals surface area contributed by atoms with Crippen molar-refractivity contribution in [2.24, 2.45) is 0 Å². The van der Waals surface area contributed by atoms with Gasteiger partial charge in [-0.2, -0.15) is 0 Å². The quantitative estimate of drug-likeness (QED) is 0.555. The number of halogens is 2. The van der Waals surface area contributed by atoms with Gasteiger partial charge in [0.25, 0.3) is 0 Å². The molecule has 0 atom stereocenters. The molecule has 0 aliphatic carbocycles. The van der Waals surface area contributed by atoms with Gasteiger partial charge >= 0.3 is 11.9 Å². The summed E-state index contributed by atoms with van der Waals surface area (Å²) in [4.78, 5) is 23.9. The van der Waals surface area contributed by atoms with Crippen LogP contribution in [0.25, 0.3) is 0 Å². The first-order chi connectivity index (χ1) is 9.49. The van der Waals surface area contributed by atoms with Crippen molar-refractivity contribution in [3.8, 4) is 0 Å². The third kappa shape index (κ3) is 11.0. The first-order valence-corrected chi connectivity index (χ1v) is 7.27. The molecule has 0 aromatic carbocycles. The van der Waals surface area contributed by atoms with E-state index < -0.39 is 11.9 Å². The number of aliphatic carboxylic acids is 2. The second-order valence-corrected chi connectivity index (χ2v) is 4.83. The van der Waals surface area contributed by atoms with Gasteiger partial charge in [0.05, 0.1) is 0 Å². The van der Waals surface area contributed by atoms with E-state index in [9.17, 15) is 9.59 Å². The largest absolute Gasteiger partial charge is 0.478 e. The molecule has 1 rings (SSSR count). The van der Waals surface area contributed by atoms with Crippen LogP contribution in [0.15, 0.2) is 12.2 Å². The summed E-state index contributed by atoms with van der Waals surface area (Å²) in [6.45, 7) is 6.62. The summed E-state index contributed by atoms with van der Waals surface area (Å²) in [5.74, 6) is -1.02. The van der Waals surface area contributed by atoms with E-state index >= 15 is 0 Å². The van der Waals surface area contributed by atoms with E-state index in [4.69, 9.17) is 33.4 Å². The molecular formula is C12H20Cl2N2O4. The van der Waals surface area contributed by atoms with Crippen molar-refractivity contribution in [2.45, 2.75) is 0 Å². The minimum Gasteiger partial charge on any atom is -0.478 e. The van der Waals surface area contributed by atoms with Gasteiger partial charge in [-0.1, -0.05) is 0 Å². The van der Waals surface area contributed by atoms with Crippen LogP contribution in [0.1, 0.15) is 0 Å². The van der Waals surface area contributed by atoms with Gasteiger partial charge in [0.1, 0.15) is 0 Å². The van der Waals surface area contributed by atoms with E-state index in [0.717, 1.165) is 51.0 Å². The van der Waals surface area contributed by atoms with Gasteiger partial charge in [0, 0.05) is 63.2 Å². The maximum Gasteiger partial charge on any atom is 0.328 e. The lowest BCUT2D eigenvalue weighted by Crippen LogP contribution is -2.47. The lowest BCUT2D eigenvalue weighted by atomic mass is 10.3. The van der Waals surface area contributed by atoms with Crippen molar-refractivity contribution < 1.29 is 19.8 Å². The Labute approximate surface area is 128 Å². The second kappa shape index (κ2) is 12.0. The highest BCUT2D eigenvalue weighted by atomic mass is 35.5. The van der Waals surface area contributed by atoms with Gasteiger partial charge in [-0.3, -0.25) is 9.80 Å². The van der Waals surface area contributed by atoms with Gasteiger partial charge < -0.3 is 10.2 Å². The molecule has 116 valence electrons. The monoisotopic (exact) mass is 326 g/mol. The Bertz CT molecular complexity index is 289. The molecule has 8 heteroatoms. The molecule has 1 aliphatic rings. The average Bonchev–Trinajstić information content (AvgIpc) is 2.40. The molecular weight excluding hydrogens is 307 g/mol. The predicted octanol–water partition coefficient (Wildman–Crippen LogP) is 0.793. The molecule has 0 bridgehead atoms. The van der Waals surface area contributed by atoms with Gasteiger partial charge in [-0.25, -0.2) is 9.59 Å². The molecule has 0 saturated carbocycles. The zero-order valence-corrected chi connectivity index (χ0v) is 12.7. The number of hydrogen-bond donors (Lipinski definition) is 2. The summed E-state index contributed by atoms with van der Waals surface area (Å²) in [5.41, 5.74) is 0. The number of carboxylic acid groups (broad SMARTS) is 2. The Morgan fingerprint density at radius 3 is 1.35 bits per heavy atom. The van der Waals surface area contributed by atoms with Gasteiger partial charge in [-0.05, 0) is 0 Å². The number of piperazine rings is 1. The van der Waals surface area contributed by atoms with E-state index in [1.807, 2.05) is 0 Å². The molecule has 20 heavy (non-hydrogen) atoms. The normalized spacial score (nSPS) is 16.7. The number of rotatable bonds is 6. The smallest absolute Gasteiger partial charge is 0.328 e. The summed E-state index contributed by atoms with van der Waals surface area (Å²) in [7, 11) is 0. The standard InChI is InChI=1S/C8H16Cl2N2.C4H4O4/c9-1-3-11-5-7-12(4-2-10)8-6-11;5-3(6)1-2-4(7)8/h1-8H2;1-2H,(H,5,6)(H,7,8)/b;2-1-. The van der Waals surface area contributed by atoms with E-state index in [0.29, 0.717) is 12.2 Å². The molecule has 0 amide bonds. The van der Waals surface area contributed by atoms with Crippen molar-refractivity contribution in [2.75, 3.05) is 51.0 Å². The van der Waals surface area contributed by atoms with Crippen LogP contribution in [0.3, 0.4) is 0 Å². The zero-order valence-electron chi connectivity index (χ0n) is 11.2. The summed E-state index contributed by atoms with van der Waals surface area (Å²) in [5, 5.41) is 15.6. The molecule has 1 heterocycles. The van der Waals surface area contributed by atoms with Crippen LogP contribution < -0.4 is 0 Å². The maximum absolute atomic E-state index is 9.55. The first-order valence-electron chi connectivity index (χ1n) is 6.20. The molecule has 1 fully saturated rings. The summed E-state index contributed by atoms with van der Waals surface area (Å²) < 4.78 is 0. The number of nitrogens with zero attached hydrogens (tertiary/aromatic N) is 2. The number of carbonyl (C=O) groups is 2. The Morgan fingerprint density at radius 2 is 1.15 bits per heavy atom. The number of carboxylic acids is 2. The molecule has 0 aromatic rings. The van der Waals surface area contributed by atoms with E-state index in [-0.39, 0.29) is 0 Å². The van der Waals surface area contributed by atoms with Crippen LogP contribution in [0.2, 0.25) is 0 Å². The topological polar surface area (TPSA) is 81.1 Å². The van der Waals surface area contributed by atoms with Crippen LogP contribution in [0.5, 0.6) is 0 Å². The molecule has 0 unspecified atom stereocenters. The fraction of sp³-hybridized carbons (Fsp3) is 0.667. The number of hydrogen-bond acceptors (Lipinski definition) is 4. The highest BCUT2D eigenvalue weighted by Gasteiger charge is 2.14. The molecule has 1 saturated heterocycles. The SMILES string of the molecule is ClCCN1CCN(CCCl)CC1.O=C(O)/C=C\C(=O)O. The van der Waals surface area contributed by atoms with Crippen LogP contribution in [0.4, 0.5) is 0 Å². The Kier molecular flexibility index (Phi) is 11.5.